The molecule has 1 fully saturated rings. The summed E-state index contributed by atoms with van der Waals surface area (Å²) in [6.45, 7) is 1.73. The van der Waals surface area contributed by atoms with Gasteiger partial charge in [0, 0.05) is 25.1 Å². The number of carboxylic acids is 1. The summed E-state index contributed by atoms with van der Waals surface area (Å²) in [5.74, 6) is -1.28. The molecule has 1 saturated heterocycles. The summed E-state index contributed by atoms with van der Waals surface area (Å²) < 4.78 is 0. The van der Waals surface area contributed by atoms with Gasteiger partial charge in [-0.15, -0.1) is 0 Å². The Bertz CT molecular complexity index is 531. The van der Waals surface area contributed by atoms with Crippen molar-refractivity contribution >= 4 is 28.8 Å². The maximum Gasteiger partial charge on any atom is 0.331 e. The van der Waals surface area contributed by atoms with Crippen LogP contribution in [0.15, 0.2) is 30.3 Å². The fourth-order valence-corrected chi connectivity index (χ4v) is 3.28. The smallest absolute Gasteiger partial charge is 0.331 e. The van der Waals surface area contributed by atoms with E-state index in [0.717, 1.165) is 11.8 Å². The minimum Gasteiger partial charge on any atom is -0.479 e. The number of nitrogens with zero attached hydrogens (tertiary/aromatic N) is 1. The van der Waals surface area contributed by atoms with Crippen molar-refractivity contribution in [2.75, 3.05) is 6.54 Å². The number of thioether (sulfide) groups is 1. The van der Waals surface area contributed by atoms with Gasteiger partial charge in [0.1, 0.15) is 0 Å². The maximum absolute atomic E-state index is 12.0. The predicted octanol–water partition coefficient (Wildman–Crippen LogP) is 1.69. The normalized spacial score (nSPS) is 19.9. The van der Waals surface area contributed by atoms with Gasteiger partial charge in [0.25, 0.3) is 0 Å². The van der Waals surface area contributed by atoms with Crippen molar-refractivity contribution in [2.24, 2.45) is 0 Å². The number of benzene rings is 1. The number of hydrogen-bond acceptors (Lipinski definition) is 4. The summed E-state index contributed by atoms with van der Waals surface area (Å²) in [4.78, 5) is 36.0. The number of hydrogen-bond donors (Lipinski definition) is 1. The van der Waals surface area contributed by atoms with Crippen LogP contribution < -0.4 is 0 Å². The zero-order valence-electron chi connectivity index (χ0n) is 11.0. The molecule has 1 N–H and O–H groups in total. The summed E-state index contributed by atoms with van der Waals surface area (Å²) >= 11 is 1.10. The van der Waals surface area contributed by atoms with Crippen LogP contribution in [0.25, 0.3) is 0 Å². The van der Waals surface area contributed by atoms with Gasteiger partial charge >= 0.3 is 5.97 Å². The van der Waals surface area contributed by atoms with E-state index in [2.05, 4.69) is 0 Å². The van der Waals surface area contributed by atoms with E-state index in [1.807, 2.05) is 0 Å². The molecule has 1 aromatic carbocycles. The number of aliphatic carboxylic acids is 1. The molecule has 0 bridgehead atoms. The largest absolute Gasteiger partial charge is 0.479 e. The molecular formula is C14H15NO4S. The molecule has 0 aliphatic carbocycles. The van der Waals surface area contributed by atoms with E-state index in [1.54, 1.807) is 30.3 Å². The van der Waals surface area contributed by atoms with Gasteiger partial charge in [-0.2, -0.15) is 0 Å². The van der Waals surface area contributed by atoms with Crippen molar-refractivity contribution < 1.29 is 19.5 Å². The average Bonchev–Trinajstić information content (AvgIpc) is 2.70. The van der Waals surface area contributed by atoms with Gasteiger partial charge in [0.2, 0.25) is 5.91 Å². The molecule has 6 heteroatoms. The predicted molar refractivity (Wildman–Crippen MR) is 75.2 cm³/mol. The van der Waals surface area contributed by atoms with Gasteiger partial charge in [0.05, 0.1) is 0 Å². The third kappa shape index (κ3) is 3.19. The molecule has 2 rings (SSSR count). The van der Waals surface area contributed by atoms with Gasteiger partial charge in [-0.3, -0.25) is 9.59 Å². The topological polar surface area (TPSA) is 74.7 Å². The number of carboxylic acid groups (broad SMARTS) is 1. The molecule has 2 atom stereocenters. The van der Waals surface area contributed by atoms with Gasteiger partial charge in [-0.25, -0.2) is 4.79 Å². The molecule has 1 heterocycles. The quantitative estimate of drug-likeness (QED) is 0.914. The highest BCUT2D eigenvalue weighted by Crippen LogP contribution is 2.31. The molecule has 5 nitrogen and oxygen atoms in total. The van der Waals surface area contributed by atoms with Gasteiger partial charge in [0.15, 0.2) is 11.2 Å². The van der Waals surface area contributed by atoms with Crippen LogP contribution in [-0.4, -0.2) is 38.8 Å². The molecule has 0 saturated carbocycles. The van der Waals surface area contributed by atoms with Crippen molar-refractivity contribution in [3.05, 3.63) is 35.9 Å². The van der Waals surface area contributed by atoms with Crippen LogP contribution in [-0.2, 0) is 14.4 Å². The molecule has 1 aromatic rings. The van der Waals surface area contributed by atoms with Crippen LogP contribution in [0, 0.1) is 0 Å². The first kappa shape index (κ1) is 14.6. The molecular weight excluding hydrogens is 278 g/mol. The van der Waals surface area contributed by atoms with Crippen molar-refractivity contribution in [2.45, 2.75) is 24.6 Å². The fourth-order valence-electron chi connectivity index (χ4n) is 2.35. The average molecular weight is 293 g/mol. The maximum atomic E-state index is 12.0. The van der Waals surface area contributed by atoms with Crippen molar-refractivity contribution in [3.63, 3.8) is 0 Å². The lowest BCUT2D eigenvalue weighted by Gasteiger charge is -2.24. The highest BCUT2D eigenvalue weighted by atomic mass is 32.2. The lowest BCUT2D eigenvalue weighted by atomic mass is 10.1. The Labute approximate surface area is 121 Å². The lowest BCUT2D eigenvalue weighted by molar-refractivity contribution is -0.148. The third-order valence-corrected chi connectivity index (χ3v) is 4.10. The molecule has 0 spiro atoms. The van der Waals surface area contributed by atoms with Crippen molar-refractivity contribution in [1.29, 1.82) is 0 Å². The van der Waals surface area contributed by atoms with Crippen LogP contribution in [0.3, 0.4) is 0 Å². The van der Waals surface area contributed by atoms with E-state index in [1.165, 1.54) is 11.8 Å². The first-order valence-corrected chi connectivity index (χ1v) is 7.11. The van der Waals surface area contributed by atoms with E-state index in [0.29, 0.717) is 5.56 Å². The zero-order valence-corrected chi connectivity index (χ0v) is 11.8. The van der Waals surface area contributed by atoms with Gasteiger partial charge in [-0.05, 0) is 5.56 Å². The zero-order chi connectivity index (χ0) is 14.7. The summed E-state index contributed by atoms with van der Waals surface area (Å²) in [6.07, 6.45) is 0.209. The van der Waals surface area contributed by atoms with E-state index < -0.39 is 12.0 Å². The second-order valence-electron chi connectivity index (χ2n) is 4.63. The number of likely N-dealkylation sites (tertiary alicyclic amines) is 1. The summed E-state index contributed by atoms with van der Waals surface area (Å²) in [7, 11) is 0. The third-order valence-electron chi connectivity index (χ3n) is 3.12. The SMILES string of the molecule is CC(=O)SC1CC(=O)N([C@@H](C(=O)O)c2ccccc2)C1. The summed E-state index contributed by atoms with van der Waals surface area (Å²) in [5.41, 5.74) is 0.571. The second kappa shape index (κ2) is 6.09. The molecule has 1 aliphatic rings. The number of rotatable bonds is 4. The first-order valence-electron chi connectivity index (χ1n) is 6.23. The molecule has 106 valence electrons. The minimum absolute atomic E-state index is 0.0590. The molecule has 0 aromatic heterocycles. The Morgan fingerprint density at radius 2 is 2.00 bits per heavy atom. The Kier molecular flexibility index (Phi) is 4.44. The monoisotopic (exact) mass is 293 g/mol. The van der Waals surface area contributed by atoms with E-state index >= 15 is 0 Å². The highest BCUT2D eigenvalue weighted by Gasteiger charge is 2.39. The van der Waals surface area contributed by atoms with Crippen molar-refractivity contribution in [3.8, 4) is 0 Å². The number of carbonyl (C=O) groups excluding carboxylic acids is 2. The first-order chi connectivity index (χ1) is 9.49. The van der Waals surface area contributed by atoms with Crippen LogP contribution in [0.1, 0.15) is 24.9 Å². The Morgan fingerprint density at radius 1 is 1.35 bits per heavy atom. The molecule has 20 heavy (non-hydrogen) atoms. The standard InChI is InChI=1S/C14H15NO4S/c1-9(16)20-11-7-12(17)15(8-11)13(14(18)19)10-5-3-2-4-6-10/h2-6,11,13H,7-8H2,1H3,(H,18,19)/t11?,13-/m1/s1. The van der Waals surface area contributed by atoms with Crippen LogP contribution in [0.2, 0.25) is 0 Å². The van der Waals surface area contributed by atoms with Crippen molar-refractivity contribution in [1.82, 2.24) is 4.90 Å². The molecule has 1 amide bonds. The van der Waals surface area contributed by atoms with E-state index in [4.69, 9.17) is 0 Å². The Hall–Kier alpha value is -1.82. The second-order valence-corrected chi connectivity index (χ2v) is 6.11. The van der Waals surface area contributed by atoms with Crippen LogP contribution >= 0.6 is 11.8 Å². The fraction of sp³-hybridized carbons (Fsp3) is 0.357. The highest BCUT2D eigenvalue weighted by molar-refractivity contribution is 8.14. The van der Waals surface area contributed by atoms with E-state index in [-0.39, 0.29) is 29.2 Å². The van der Waals surface area contributed by atoms with Crippen LogP contribution in [0.4, 0.5) is 0 Å². The van der Waals surface area contributed by atoms with Gasteiger partial charge < -0.3 is 10.0 Å². The minimum atomic E-state index is -1.06. The Balaban J connectivity index is 2.21. The molecule has 0 radical (unpaired) electrons. The molecule has 1 aliphatic heterocycles. The van der Waals surface area contributed by atoms with Gasteiger partial charge in [-0.1, -0.05) is 42.1 Å². The van der Waals surface area contributed by atoms with E-state index in [9.17, 15) is 19.5 Å². The lowest BCUT2D eigenvalue weighted by Crippen LogP contribution is -2.35. The van der Waals surface area contributed by atoms with Crippen LogP contribution in [0.5, 0.6) is 0 Å². The summed E-state index contributed by atoms with van der Waals surface area (Å²) in [6, 6.07) is 7.68. The number of carbonyl (C=O) groups is 3. The molecule has 1 unspecified atom stereocenters. The number of amides is 1. The Morgan fingerprint density at radius 3 is 2.55 bits per heavy atom. The summed E-state index contributed by atoms with van der Waals surface area (Å²) in [5, 5.41) is 9.18.